The van der Waals surface area contributed by atoms with Gasteiger partial charge in [-0.3, -0.25) is 0 Å². The normalized spacial score (nSPS) is 9.00. The molecule has 0 saturated heterocycles. The van der Waals surface area contributed by atoms with E-state index in [1.165, 1.54) is 11.1 Å². The number of aryl methyl sites for hydroxylation is 1. The highest BCUT2D eigenvalue weighted by atomic mass is 16.2. The Kier molecular flexibility index (Phi) is 7.02. The smallest absolute Gasteiger partial charge is 0.186 e. The number of carbonyl (C=O) groups excluding carboxylic acids is 2. The summed E-state index contributed by atoms with van der Waals surface area (Å²) in [4.78, 5) is 16.2. The van der Waals surface area contributed by atoms with Crippen LogP contribution in [0.3, 0.4) is 0 Å². The van der Waals surface area contributed by atoms with Crippen LogP contribution in [0.2, 0.25) is 0 Å². The fraction of sp³-hybridized carbons (Fsp3) is 0.250. The number of hydrogen-bond donors (Lipinski definition) is 0. The van der Waals surface area contributed by atoms with Gasteiger partial charge in [-0.15, -0.1) is 0 Å². The molecule has 0 aliphatic rings. The van der Waals surface area contributed by atoms with Crippen LogP contribution in [0, 0.1) is 6.92 Å². The molecule has 0 N–H and O–H groups in total. The topological polar surface area (TPSA) is 34.1 Å². The maximum absolute atomic E-state index is 8.12. The molecule has 2 heteroatoms. The third kappa shape index (κ3) is 5.92. The lowest BCUT2D eigenvalue weighted by Gasteiger charge is -1.93. The van der Waals surface area contributed by atoms with Crippen molar-refractivity contribution >= 4 is 12.2 Å². The average molecular weight is 190 g/mol. The zero-order valence-corrected chi connectivity index (χ0v) is 8.49. The fourth-order valence-corrected chi connectivity index (χ4v) is 0.931. The van der Waals surface area contributed by atoms with Crippen LogP contribution in [0.5, 0.6) is 0 Å². The van der Waals surface area contributed by atoms with E-state index in [-0.39, 0.29) is 6.15 Å². The summed E-state index contributed by atoms with van der Waals surface area (Å²) in [5, 5.41) is 0. The lowest BCUT2D eigenvalue weighted by Crippen LogP contribution is -1.72. The van der Waals surface area contributed by atoms with E-state index in [0.717, 1.165) is 6.42 Å². The second-order valence-electron chi connectivity index (χ2n) is 2.80. The van der Waals surface area contributed by atoms with Crippen molar-refractivity contribution in [2.45, 2.75) is 20.3 Å². The van der Waals surface area contributed by atoms with Crippen molar-refractivity contribution in [2.75, 3.05) is 0 Å². The summed E-state index contributed by atoms with van der Waals surface area (Å²) in [6.45, 7) is 4.25. The molecule has 0 aliphatic heterocycles. The second-order valence-corrected chi connectivity index (χ2v) is 2.80. The zero-order chi connectivity index (χ0) is 10.8. The summed E-state index contributed by atoms with van der Waals surface area (Å²) < 4.78 is 0. The van der Waals surface area contributed by atoms with E-state index in [0.29, 0.717) is 0 Å². The zero-order valence-electron chi connectivity index (χ0n) is 8.49. The van der Waals surface area contributed by atoms with Crippen molar-refractivity contribution in [3.8, 4) is 0 Å². The van der Waals surface area contributed by atoms with Gasteiger partial charge in [0.15, 0.2) is 0 Å². The lowest BCUT2D eigenvalue weighted by molar-refractivity contribution is -0.191. The summed E-state index contributed by atoms with van der Waals surface area (Å²) in [5.74, 6) is 0. The van der Waals surface area contributed by atoms with Gasteiger partial charge in [0, 0.05) is 0 Å². The van der Waals surface area contributed by atoms with Crippen LogP contribution in [-0.2, 0) is 9.59 Å². The summed E-state index contributed by atoms with van der Waals surface area (Å²) >= 11 is 0. The van der Waals surface area contributed by atoms with Crippen molar-refractivity contribution in [2.24, 2.45) is 0 Å². The first-order valence-corrected chi connectivity index (χ1v) is 4.47. The van der Waals surface area contributed by atoms with E-state index in [1.54, 1.807) is 0 Å². The van der Waals surface area contributed by atoms with Gasteiger partial charge in [0.1, 0.15) is 0 Å². The predicted molar refractivity (Wildman–Crippen MR) is 55.5 cm³/mol. The van der Waals surface area contributed by atoms with Crippen LogP contribution >= 0.6 is 0 Å². The number of benzene rings is 1. The third-order valence-electron chi connectivity index (χ3n) is 1.62. The standard InChI is InChI=1S/C11H14.CO2/c1-3-4-5-11-8-6-10(2)7-9-11;2-1-3/h4-9H,3H2,1-2H3;/b5-4+;. The van der Waals surface area contributed by atoms with Gasteiger partial charge < -0.3 is 0 Å². The molecule has 0 heterocycles. The first kappa shape index (κ1) is 12.3. The van der Waals surface area contributed by atoms with E-state index in [9.17, 15) is 0 Å². The minimum atomic E-state index is 0.250. The molecule has 0 aliphatic carbocycles. The maximum Gasteiger partial charge on any atom is 0.373 e. The Bertz CT molecular complexity index is 304. The predicted octanol–water partition coefficient (Wildman–Crippen LogP) is 2.83. The first-order valence-electron chi connectivity index (χ1n) is 4.47. The third-order valence-corrected chi connectivity index (χ3v) is 1.62. The molecule has 1 rings (SSSR count). The second kappa shape index (κ2) is 7.96. The van der Waals surface area contributed by atoms with Gasteiger partial charge in [0.05, 0.1) is 0 Å². The van der Waals surface area contributed by atoms with E-state index < -0.39 is 0 Å². The summed E-state index contributed by atoms with van der Waals surface area (Å²) in [6, 6.07) is 8.55. The lowest BCUT2D eigenvalue weighted by atomic mass is 10.1. The molecular formula is C12H14O2. The van der Waals surface area contributed by atoms with Crippen molar-refractivity contribution in [1.29, 1.82) is 0 Å². The van der Waals surface area contributed by atoms with Crippen LogP contribution < -0.4 is 0 Å². The van der Waals surface area contributed by atoms with Gasteiger partial charge in [-0.1, -0.05) is 48.9 Å². The molecule has 0 saturated carbocycles. The van der Waals surface area contributed by atoms with Crippen LogP contribution in [0.15, 0.2) is 30.3 Å². The summed E-state index contributed by atoms with van der Waals surface area (Å²) in [5.41, 5.74) is 2.61. The molecule has 0 aromatic heterocycles. The minimum Gasteiger partial charge on any atom is -0.186 e. The Morgan fingerprint density at radius 2 is 1.71 bits per heavy atom. The molecule has 0 atom stereocenters. The van der Waals surface area contributed by atoms with Gasteiger partial charge >= 0.3 is 6.15 Å². The van der Waals surface area contributed by atoms with Crippen LogP contribution in [0.25, 0.3) is 6.08 Å². The average Bonchev–Trinajstić information content (AvgIpc) is 2.18. The monoisotopic (exact) mass is 190 g/mol. The van der Waals surface area contributed by atoms with E-state index >= 15 is 0 Å². The number of allylic oxidation sites excluding steroid dienone is 1. The molecule has 14 heavy (non-hydrogen) atoms. The Balaban J connectivity index is 0.000000500. The molecule has 0 radical (unpaired) electrons. The van der Waals surface area contributed by atoms with Crippen molar-refractivity contribution in [3.63, 3.8) is 0 Å². The van der Waals surface area contributed by atoms with Gasteiger partial charge in [0.25, 0.3) is 0 Å². The Morgan fingerprint density at radius 3 is 2.14 bits per heavy atom. The van der Waals surface area contributed by atoms with Crippen LogP contribution in [0.4, 0.5) is 0 Å². The molecule has 0 spiro atoms. The van der Waals surface area contributed by atoms with E-state index in [4.69, 9.17) is 9.59 Å². The molecule has 0 fully saturated rings. The maximum atomic E-state index is 8.12. The molecule has 1 aromatic rings. The van der Waals surface area contributed by atoms with Crippen molar-refractivity contribution < 1.29 is 9.59 Å². The molecular weight excluding hydrogens is 176 g/mol. The Hall–Kier alpha value is -1.66. The Morgan fingerprint density at radius 1 is 1.21 bits per heavy atom. The largest absolute Gasteiger partial charge is 0.373 e. The fourth-order valence-electron chi connectivity index (χ4n) is 0.931. The molecule has 1 aromatic carbocycles. The highest BCUT2D eigenvalue weighted by Crippen LogP contribution is 2.04. The minimum absolute atomic E-state index is 0.250. The van der Waals surface area contributed by atoms with Crippen molar-refractivity contribution in [3.05, 3.63) is 41.5 Å². The van der Waals surface area contributed by atoms with Crippen LogP contribution in [0.1, 0.15) is 24.5 Å². The molecule has 0 bridgehead atoms. The highest BCUT2D eigenvalue weighted by molar-refractivity contribution is 5.49. The van der Waals surface area contributed by atoms with Gasteiger partial charge in [-0.25, -0.2) is 0 Å². The quantitative estimate of drug-likeness (QED) is 0.718. The van der Waals surface area contributed by atoms with Crippen molar-refractivity contribution in [1.82, 2.24) is 0 Å². The first-order chi connectivity index (χ1) is 6.74. The van der Waals surface area contributed by atoms with Crippen LogP contribution in [-0.4, -0.2) is 6.15 Å². The summed E-state index contributed by atoms with van der Waals surface area (Å²) in [7, 11) is 0. The Labute approximate surface area is 84.3 Å². The SMILES string of the molecule is CC/C=C/c1ccc(C)cc1.O=C=O. The number of rotatable bonds is 2. The molecule has 0 unspecified atom stereocenters. The van der Waals surface area contributed by atoms with Gasteiger partial charge in [0.2, 0.25) is 0 Å². The number of hydrogen-bond acceptors (Lipinski definition) is 2. The van der Waals surface area contributed by atoms with Gasteiger partial charge in [-0.05, 0) is 18.9 Å². The van der Waals surface area contributed by atoms with E-state index in [1.807, 2.05) is 0 Å². The van der Waals surface area contributed by atoms with E-state index in [2.05, 4.69) is 50.3 Å². The molecule has 74 valence electrons. The summed E-state index contributed by atoms with van der Waals surface area (Å²) in [6.07, 6.45) is 5.68. The van der Waals surface area contributed by atoms with Gasteiger partial charge in [-0.2, -0.15) is 9.59 Å². The molecule has 2 nitrogen and oxygen atoms in total. The highest BCUT2D eigenvalue weighted by Gasteiger charge is 1.84. The molecule has 0 amide bonds.